The summed E-state index contributed by atoms with van der Waals surface area (Å²) in [6, 6.07) is 13.2. The normalized spacial score (nSPS) is 14.6. The molecule has 0 aliphatic carbocycles. The summed E-state index contributed by atoms with van der Waals surface area (Å²) < 4.78 is 27.2. The van der Waals surface area contributed by atoms with Crippen molar-refractivity contribution in [3.05, 3.63) is 65.7 Å². The van der Waals surface area contributed by atoms with Gasteiger partial charge in [-0.1, -0.05) is 35.2 Å². The van der Waals surface area contributed by atoms with Crippen LogP contribution >= 0.6 is 23.1 Å². The average Bonchev–Trinajstić information content (AvgIpc) is 3.16. The Hall–Kier alpha value is -2.19. The van der Waals surface area contributed by atoms with E-state index in [-0.39, 0.29) is 11.6 Å². The molecule has 1 saturated heterocycles. The summed E-state index contributed by atoms with van der Waals surface area (Å²) in [6.45, 7) is 3.41. The van der Waals surface area contributed by atoms with Crippen LogP contribution in [0.5, 0.6) is 0 Å². The number of nitrogens with zero attached hydrogens (tertiary/aromatic N) is 4. The van der Waals surface area contributed by atoms with E-state index in [1.807, 2.05) is 18.2 Å². The van der Waals surface area contributed by atoms with Gasteiger partial charge >= 0.3 is 0 Å². The van der Waals surface area contributed by atoms with E-state index < -0.39 is 0 Å². The number of hydrogen-bond acceptors (Lipinski definition) is 6. The SMILES string of the molecule is Fc1ccc(N2CCN(c3nnc(SCc4cccc(F)c4)s3)CC2)cc1. The molecule has 0 spiro atoms. The van der Waals surface area contributed by atoms with E-state index in [0.29, 0.717) is 5.75 Å². The van der Waals surface area contributed by atoms with Gasteiger partial charge < -0.3 is 9.80 Å². The summed E-state index contributed by atoms with van der Waals surface area (Å²) >= 11 is 3.14. The van der Waals surface area contributed by atoms with E-state index in [0.717, 1.165) is 46.9 Å². The van der Waals surface area contributed by atoms with E-state index in [1.165, 1.54) is 18.2 Å². The minimum atomic E-state index is -0.218. The van der Waals surface area contributed by atoms with Crippen LogP contribution in [0.25, 0.3) is 0 Å². The molecule has 0 amide bonds. The fraction of sp³-hybridized carbons (Fsp3) is 0.263. The van der Waals surface area contributed by atoms with Crippen LogP contribution in [0.15, 0.2) is 52.9 Å². The van der Waals surface area contributed by atoms with Crippen molar-refractivity contribution in [2.75, 3.05) is 36.0 Å². The second kappa shape index (κ2) is 8.22. The van der Waals surface area contributed by atoms with Crippen molar-refractivity contribution >= 4 is 33.9 Å². The predicted molar refractivity (Wildman–Crippen MR) is 107 cm³/mol. The number of aromatic nitrogens is 2. The van der Waals surface area contributed by atoms with Crippen molar-refractivity contribution in [2.45, 2.75) is 10.1 Å². The summed E-state index contributed by atoms with van der Waals surface area (Å²) in [6.07, 6.45) is 0. The second-order valence-corrected chi connectivity index (χ2v) is 8.40. The zero-order chi connectivity index (χ0) is 18.6. The van der Waals surface area contributed by atoms with Crippen molar-refractivity contribution < 1.29 is 8.78 Å². The number of piperazine rings is 1. The Kier molecular flexibility index (Phi) is 5.54. The Bertz CT molecular complexity index is 893. The molecule has 2 heterocycles. The number of benzene rings is 2. The fourth-order valence-electron chi connectivity index (χ4n) is 2.97. The van der Waals surface area contributed by atoms with E-state index in [1.54, 1.807) is 35.2 Å². The van der Waals surface area contributed by atoms with Gasteiger partial charge in [0.25, 0.3) is 0 Å². The predicted octanol–water partition coefficient (Wildman–Crippen LogP) is 4.44. The minimum Gasteiger partial charge on any atom is -0.368 e. The maximum absolute atomic E-state index is 13.3. The van der Waals surface area contributed by atoms with Crippen LogP contribution in [0.3, 0.4) is 0 Å². The van der Waals surface area contributed by atoms with Gasteiger partial charge in [-0.15, -0.1) is 10.2 Å². The Morgan fingerprint density at radius 1 is 0.889 bits per heavy atom. The van der Waals surface area contributed by atoms with E-state index in [9.17, 15) is 8.78 Å². The smallest absolute Gasteiger partial charge is 0.209 e. The van der Waals surface area contributed by atoms with Gasteiger partial charge in [0.1, 0.15) is 11.6 Å². The van der Waals surface area contributed by atoms with E-state index >= 15 is 0 Å². The first-order chi connectivity index (χ1) is 13.2. The van der Waals surface area contributed by atoms with Crippen LogP contribution in [0, 0.1) is 11.6 Å². The van der Waals surface area contributed by atoms with Crippen LogP contribution in [0.2, 0.25) is 0 Å². The summed E-state index contributed by atoms with van der Waals surface area (Å²) in [7, 11) is 0. The van der Waals surface area contributed by atoms with Gasteiger partial charge in [0, 0.05) is 37.6 Å². The van der Waals surface area contributed by atoms with Gasteiger partial charge in [0.05, 0.1) is 0 Å². The van der Waals surface area contributed by atoms with Crippen LogP contribution in [0.4, 0.5) is 19.6 Å². The molecule has 2 aromatic carbocycles. The van der Waals surface area contributed by atoms with Gasteiger partial charge in [0.2, 0.25) is 5.13 Å². The maximum atomic E-state index is 13.3. The number of anilines is 2. The zero-order valence-electron chi connectivity index (χ0n) is 14.5. The maximum Gasteiger partial charge on any atom is 0.209 e. The molecule has 0 atom stereocenters. The number of hydrogen-bond donors (Lipinski definition) is 0. The number of halogens is 2. The lowest BCUT2D eigenvalue weighted by Gasteiger charge is -2.35. The first kappa shape index (κ1) is 18.2. The Morgan fingerprint density at radius 2 is 1.63 bits per heavy atom. The molecule has 4 rings (SSSR count). The number of rotatable bonds is 5. The second-order valence-electron chi connectivity index (χ2n) is 6.22. The van der Waals surface area contributed by atoms with E-state index in [4.69, 9.17) is 0 Å². The molecule has 0 bridgehead atoms. The summed E-state index contributed by atoms with van der Waals surface area (Å²) in [5.74, 6) is 0.240. The van der Waals surface area contributed by atoms with Crippen molar-refractivity contribution in [3.63, 3.8) is 0 Å². The highest BCUT2D eigenvalue weighted by Crippen LogP contribution is 2.31. The van der Waals surface area contributed by atoms with Crippen molar-refractivity contribution in [2.24, 2.45) is 0 Å². The molecule has 140 valence electrons. The molecule has 1 aliphatic rings. The van der Waals surface area contributed by atoms with Crippen LogP contribution < -0.4 is 9.80 Å². The van der Waals surface area contributed by atoms with Crippen molar-refractivity contribution in [3.8, 4) is 0 Å². The third kappa shape index (κ3) is 4.56. The molecule has 3 aromatic rings. The van der Waals surface area contributed by atoms with Gasteiger partial charge in [-0.05, 0) is 42.0 Å². The van der Waals surface area contributed by atoms with Crippen LogP contribution in [-0.4, -0.2) is 36.4 Å². The molecule has 0 unspecified atom stereocenters. The third-order valence-corrected chi connectivity index (χ3v) is 6.58. The zero-order valence-corrected chi connectivity index (χ0v) is 16.1. The van der Waals surface area contributed by atoms with Gasteiger partial charge in [-0.2, -0.15) is 0 Å². The Balaban J connectivity index is 1.32. The average molecular weight is 405 g/mol. The molecule has 1 aliphatic heterocycles. The summed E-state index contributed by atoms with van der Waals surface area (Å²) in [5, 5.41) is 9.48. The lowest BCUT2D eigenvalue weighted by Crippen LogP contribution is -2.46. The largest absolute Gasteiger partial charge is 0.368 e. The fourth-order valence-corrected chi connectivity index (χ4v) is 4.80. The Morgan fingerprint density at radius 3 is 2.37 bits per heavy atom. The number of thioether (sulfide) groups is 1. The van der Waals surface area contributed by atoms with Gasteiger partial charge in [-0.3, -0.25) is 0 Å². The van der Waals surface area contributed by atoms with Crippen molar-refractivity contribution in [1.82, 2.24) is 10.2 Å². The lowest BCUT2D eigenvalue weighted by molar-refractivity contribution is 0.624. The lowest BCUT2D eigenvalue weighted by atomic mass is 10.2. The first-order valence-corrected chi connectivity index (χ1v) is 10.4. The highest BCUT2D eigenvalue weighted by Gasteiger charge is 2.20. The quantitative estimate of drug-likeness (QED) is 0.587. The first-order valence-electron chi connectivity index (χ1n) is 8.63. The van der Waals surface area contributed by atoms with Crippen LogP contribution in [-0.2, 0) is 5.75 Å². The molecule has 8 heteroatoms. The molecule has 1 fully saturated rings. The monoisotopic (exact) mass is 404 g/mol. The Labute approximate surface area is 164 Å². The van der Waals surface area contributed by atoms with Gasteiger partial charge in [-0.25, -0.2) is 8.78 Å². The third-order valence-electron chi connectivity index (χ3n) is 4.39. The molecule has 0 N–H and O–H groups in total. The van der Waals surface area contributed by atoms with E-state index in [2.05, 4.69) is 20.0 Å². The molecule has 27 heavy (non-hydrogen) atoms. The molecule has 1 aromatic heterocycles. The highest BCUT2D eigenvalue weighted by atomic mass is 32.2. The summed E-state index contributed by atoms with van der Waals surface area (Å²) in [5.41, 5.74) is 1.98. The molecule has 0 radical (unpaired) electrons. The standard InChI is InChI=1S/C19H18F2N4S2/c20-15-4-6-17(7-5-15)24-8-10-25(11-9-24)18-22-23-19(27-18)26-13-14-2-1-3-16(21)12-14/h1-7,12H,8-11,13H2. The van der Waals surface area contributed by atoms with Crippen molar-refractivity contribution in [1.29, 1.82) is 0 Å². The molecule has 0 saturated carbocycles. The highest BCUT2D eigenvalue weighted by molar-refractivity contribution is 8.00. The molecule has 4 nitrogen and oxygen atoms in total. The topological polar surface area (TPSA) is 32.3 Å². The minimum absolute atomic E-state index is 0.213. The molecular weight excluding hydrogens is 386 g/mol. The molecular formula is C19H18F2N4S2. The van der Waals surface area contributed by atoms with Gasteiger partial charge in [0.15, 0.2) is 4.34 Å². The van der Waals surface area contributed by atoms with Crippen LogP contribution in [0.1, 0.15) is 5.56 Å². The summed E-state index contributed by atoms with van der Waals surface area (Å²) in [4.78, 5) is 4.47.